The van der Waals surface area contributed by atoms with E-state index in [9.17, 15) is 4.79 Å². The number of nitrogens with zero attached hydrogens (tertiary/aromatic N) is 2. The quantitative estimate of drug-likeness (QED) is 0.621. The summed E-state index contributed by atoms with van der Waals surface area (Å²) in [5.41, 5.74) is 2.62. The Morgan fingerprint density at radius 1 is 1.04 bits per heavy atom. The Hall–Kier alpha value is -1.85. The third-order valence-electron chi connectivity index (χ3n) is 5.16. The molecule has 0 atom stereocenters. The Morgan fingerprint density at radius 3 is 2.50 bits per heavy atom. The normalized spacial score (nSPS) is 15.2. The van der Waals surface area contributed by atoms with Crippen LogP contribution in [0.5, 0.6) is 0 Å². The first-order chi connectivity index (χ1) is 13.5. The Kier molecular flexibility index (Phi) is 5.48. The molecule has 4 nitrogen and oxygen atoms in total. The van der Waals surface area contributed by atoms with E-state index in [-0.39, 0.29) is 10.9 Å². The van der Waals surface area contributed by atoms with E-state index < -0.39 is 0 Å². The van der Waals surface area contributed by atoms with Gasteiger partial charge in [0.15, 0.2) is 0 Å². The van der Waals surface area contributed by atoms with Crippen LogP contribution in [0, 0.1) is 0 Å². The SMILES string of the molecule is C[NH+]1CCN(C(=O)c2cc(-c3ccc(Cl)c(Cl)c3Cl)nc3ccccc23)CC1. The van der Waals surface area contributed by atoms with Crippen molar-refractivity contribution in [3.05, 3.63) is 63.1 Å². The third kappa shape index (κ3) is 3.58. The van der Waals surface area contributed by atoms with E-state index in [2.05, 4.69) is 7.05 Å². The monoisotopic (exact) mass is 434 g/mol. The van der Waals surface area contributed by atoms with Gasteiger partial charge in [-0.3, -0.25) is 4.79 Å². The number of quaternary nitrogens is 1. The van der Waals surface area contributed by atoms with Crippen LogP contribution < -0.4 is 4.90 Å². The maximum Gasteiger partial charge on any atom is 0.255 e. The van der Waals surface area contributed by atoms with Crippen molar-refractivity contribution in [2.45, 2.75) is 0 Å². The van der Waals surface area contributed by atoms with Gasteiger partial charge in [-0.25, -0.2) is 4.98 Å². The van der Waals surface area contributed by atoms with Crippen molar-refractivity contribution in [2.24, 2.45) is 0 Å². The molecular weight excluding hydrogens is 417 g/mol. The molecule has 144 valence electrons. The van der Waals surface area contributed by atoms with E-state index in [0.29, 0.717) is 26.9 Å². The number of piperazine rings is 1. The van der Waals surface area contributed by atoms with Gasteiger partial charge >= 0.3 is 0 Å². The Balaban J connectivity index is 1.85. The first-order valence-electron chi connectivity index (χ1n) is 9.10. The number of rotatable bonds is 2. The molecule has 1 fully saturated rings. The Labute approximate surface area is 178 Å². The molecule has 1 aliphatic heterocycles. The molecule has 1 saturated heterocycles. The van der Waals surface area contributed by atoms with Crippen molar-refractivity contribution in [1.82, 2.24) is 9.88 Å². The van der Waals surface area contributed by atoms with Gasteiger partial charge in [-0.05, 0) is 24.3 Å². The van der Waals surface area contributed by atoms with E-state index in [1.807, 2.05) is 29.2 Å². The lowest BCUT2D eigenvalue weighted by molar-refractivity contribution is -0.883. The summed E-state index contributed by atoms with van der Waals surface area (Å²) in [6.07, 6.45) is 0. The lowest BCUT2D eigenvalue weighted by atomic mass is 10.0. The summed E-state index contributed by atoms with van der Waals surface area (Å²) in [6, 6.07) is 12.9. The summed E-state index contributed by atoms with van der Waals surface area (Å²) >= 11 is 18.7. The number of hydrogen-bond acceptors (Lipinski definition) is 2. The fraction of sp³-hybridized carbons (Fsp3) is 0.238. The number of benzene rings is 2. The number of hydrogen-bond donors (Lipinski definition) is 1. The first-order valence-corrected chi connectivity index (χ1v) is 10.2. The minimum Gasteiger partial charge on any atom is -0.334 e. The molecule has 0 saturated carbocycles. The van der Waals surface area contributed by atoms with Crippen LogP contribution in [-0.2, 0) is 0 Å². The second-order valence-electron chi connectivity index (χ2n) is 7.04. The van der Waals surface area contributed by atoms with Crippen LogP contribution in [0.25, 0.3) is 22.2 Å². The molecule has 4 rings (SSSR count). The summed E-state index contributed by atoms with van der Waals surface area (Å²) in [4.78, 5) is 21.4. The summed E-state index contributed by atoms with van der Waals surface area (Å²) in [6.45, 7) is 3.37. The smallest absolute Gasteiger partial charge is 0.255 e. The lowest BCUT2D eigenvalue weighted by Gasteiger charge is -2.30. The van der Waals surface area contributed by atoms with Crippen LogP contribution >= 0.6 is 34.8 Å². The zero-order valence-electron chi connectivity index (χ0n) is 15.3. The van der Waals surface area contributed by atoms with Gasteiger partial charge in [-0.1, -0.05) is 53.0 Å². The average molecular weight is 436 g/mol. The zero-order valence-corrected chi connectivity index (χ0v) is 17.6. The van der Waals surface area contributed by atoms with Crippen molar-refractivity contribution in [1.29, 1.82) is 0 Å². The number of fused-ring (bicyclic) bond motifs is 1. The lowest BCUT2D eigenvalue weighted by Crippen LogP contribution is -3.12. The number of likely N-dealkylation sites (N-methyl/N-ethyl adjacent to an activating group) is 1. The number of nitrogens with one attached hydrogen (secondary N) is 1. The van der Waals surface area contributed by atoms with Gasteiger partial charge < -0.3 is 9.80 Å². The average Bonchev–Trinajstić information content (AvgIpc) is 2.71. The van der Waals surface area contributed by atoms with Crippen molar-refractivity contribution >= 4 is 51.6 Å². The minimum absolute atomic E-state index is 0.0172. The third-order valence-corrected chi connectivity index (χ3v) is 6.46. The van der Waals surface area contributed by atoms with Crippen LogP contribution in [0.4, 0.5) is 0 Å². The summed E-state index contributed by atoms with van der Waals surface area (Å²) in [7, 11) is 2.15. The maximum atomic E-state index is 13.3. The van der Waals surface area contributed by atoms with Crippen molar-refractivity contribution in [3.8, 4) is 11.3 Å². The van der Waals surface area contributed by atoms with E-state index in [1.165, 1.54) is 4.90 Å². The molecule has 1 aromatic heterocycles. The van der Waals surface area contributed by atoms with Gasteiger partial charge in [0.25, 0.3) is 5.91 Å². The first kappa shape index (κ1) is 19.5. The van der Waals surface area contributed by atoms with Gasteiger partial charge in [-0.2, -0.15) is 0 Å². The predicted octanol–water partition coefficient (Wildman–Crippen LogP) is 3.83. The van der Waals surface area contributed by atoms with Gasteiger partial charge in [0.05, 0.1) is 65.1 Å². The molecule has 0 unspecified atom stereocenters. The molecule has 28 heavy (non-hydrogen) atoms. The number of para-hydroxylation sites is 1. The number of amides is 1. The number of aromatic nitrogens is 1. The molecular formula is C21H19Cl3N3O+. The highest BCUT2D eigenvalue weighted by Crippen LogP contribution is 2.38. The second-order valence-corrected chi connectivity index (χ2v) is 8.21. The van der Waals surface area contributed by atoms with Gasteiger partial charge in [0.1, 0.15) is 0 Å². The zero-order chi connectivity index (χ0) is 19.8. The highest BCUT2D eigenvalue weighted by Gasteiger charge is 2.25. The van der Waals surface area contributed by atoms with Gasteiger partial charge in [-0.15, -0.1) is 0 Å². The largest absolute Gasteiger partial charge is 0.334 e. The van der Waals surface area contributed by atoms with Crippen LogP contribution in [0.15, 0.2) is 42.5 Å². The topological polar surface area (TPSA) is 37.6 Å². The molecule has 0 radical (unpaired) electrons. The molecule has 0 spiro atoms. The Bertz CT molecular complexity index is 1060. The highest BCUT2D eigenvalue weighted by atomic mass is 35.5. The fourth-order valence-corrected chi connectivity index (χ4v) is 4.11. The summed E-state index contributed by atoms with van der Waals surface area (Å²) < 4.78 is 0. The fourth-order valence-electron chi connectivity index (χ4n) is 3.48. The van der Waals surface area contributed by atoms with Crippen LogP contribution in [0.2, 0.25) is 15.1 Å². The second kappa shape index (κ2) is 7.88. The minimum atomic E-state index is 0.0172. The summed E-state index contributed by atoms with van der Waals surface area (Å²) in [5.74, 6) is 0.0172. The van der Waals surface area contributed by atoms with Crippen molar-refractivity contribution in [3.63, 3.8) is 0 Å². The summed E-state index contributed by atoms with van der Waals surface area (Å²) in [5, 5.41) is 1.83. The molecule has 1 amide bonds. The molecule has 2 aromatic carbocycles. The molecule has 1 aliphatic rings. The van der Waals surface area contributed by atoms with Gasteiger partial charge in [0.2, 0.25) is 0 Å². The van der Waals surface area contributed by atoms with Crippen LogP contribution in [-0.4, -0.2) is 49.0 Å². The number of pyridine rings is 1. The molecule has 0 bridgehead atoms. The molecule has 7 heteroatoms. The molecule has 1 N–H and O–H groups in total. The predicted molar refractivity (Wildman–Crippen MR) is 115 cm³/mol. The maximum absolute atomic E-state index is 13.3. The van der Waals surface area contributed by atoms with E-state index in [0.717, 1.165) is 37.1 Å². The van der Waals surface area contributed by atoms with Crippen molar-refractivity contribution < 1.29 is 9.69 Å². The molecule has 2 heterocycles. The number of carbonyl (C=O) groups is 1. The van der Waals surface area contributed by atoms with Crippen molar-refractivity contribution in [2.75, 3.05) is 33.2 Å². The number of carbonyl (C=O) groups excluding carboxylic acids is 1. The number of halogens is 3. The van der Waals surface area contributed by atoms with E-state index >= 15 is 0 Å². The standard InChI is InChI=1S/C21H18Cl3N3O/c1-26-8-10-27(11-9-26)21(28)15-12-18(25-17-5-3-2-4-13(15)17)14-6-7-16(22)20(24)19(14)23/h2-7,12H,8-11H2,1H3/p+1. The van der Waals surface area contributed by atoms with E-state index in [1.54, 1.807) is 18.2 Å². The van der Waals surface area contributed by atoms with Crippen LogP contribution in [0.3, 0.4) is 0 Å². The highest BCUT2D eigenvalue weighted by molar-refractivity contribution is 6.49. The molecule has 3 aromatic rings. The van der Waals surface area contributed by atoms with E-state index in [4.69, 9.17) is 39.8 Å². The molecule has 0 aliphatic carbocycles. The van der Waals surface area contributed by atoms with Gasteiger partial charge in [0, 0.05) is 10.9 Å². The Morgan fingerprint density at radius 2 is 1.75 bits per heavy atom. The van der Waals surface area contributed by atoms with Crippen LogP contribution in [0.1, 0.15) is 10.4 Å².